The van der Waals surface area contributed by atoms with Gasteiger partial charge in [-0.3, -0.25) is 5.10 Å². The average molecular weight is 236 g/mol. The van der Waals surface area contributed by atoms with Gasteiger partial charge in [-0.2, -0.15) is 5.10 Å². The van der Waals surface area contributed by atoms with Gasteiger partial charge >= 0.3 is 0 Å². The molecular formula is C12H14ClN3. The minimum atomic E-state index is 0.266. The summed E-state index contributed by atoms with van der Waals surface area (Å²) < 4.78 is 0. The minimum Gasteiger partial charge on any atom is -0.305 e. The second-order valence-electron chi connectivity index (χ2n) is 3.74. The number of H-pyrrole nitrogens is 1. The van der Waals surface area contributed by atoms with Crippen molar-refractivity contribution in [3.63, 3.8) is 0 Å². The number of nitrogens with one attached hydrogen (secondary N) is 2. The van der Waals surface area contributed by atoms with Gasteiger partial charge in [0.1, 0.15) is 0 Å². The predicted octanol–water partition coefficient (Wildman–Crippen LogP) is 2.91. The molecular weight excluding hydrogens is 222 g/mol. The number of hydrogen-bond donors (Lipinski definition) is 2. The molecule has 1 unspecified atom stereocenters. The lowest BCUT2D eigenvalue weighted by Crippen LogP contribution is -2.18. The van der Waals surface area contributed by atoms with Crippen LogP contribution in [0.15, 0.2) is 36.5 Å². The fraction of sp³-hybridized carbons (Fsp3) is 0.250. The highest BCUT2D eigenvalue weighted by atomic mass is 35.5. The Labute approximate surface area is 99.8 Å². The van der Waals surface area contributed by atoms with Crippen molar-refractivity contribution in [3.8, 4) is 0 Å². The molecule has 0 aliphatic heterocycles. The summed E-state index contributed by atoms with van der Waals surface area (Å²) in [5, 5.41) is 11.0. The first kappa shape index (κ1) is 11.2. The molecule has 0 spiro atoms. The fourth-order valence-corrected chi connectivity index (χ4v) is 1.74. The van der Waals surface area contributed by atoms with Gasteiger partial charge in [-0.1, -0.05) is 23.7 Å². The van der Waals surface area contributed by atoms with Crippen molar-refractivity contribution >= 4 is 11.6 Å². The topological polar surface area (TPSA) is 40.7 Å². The maximum absolute atomic E-state index is 5.94. The summed E-state index contributed by atoms with van der Waals surface area (Å²) in [6.07, 6.45) is 1.75. The zero-order valence-electron chi connectivity index (χ0n) is 9.07. The smallest absolute Gasteiger partial charge is 0.0490 e. The quantitative estimate of drug-likeness (QED) is 0.856. The van der Waals surface area contributed by atoms with Crippen molar-refractivity contribution in [2.45, 2.75) is 19.5 Å². The molecule has 1 heterocycles. The molecule has 0 saturated carbocycles. The Morgan fingerprint density at radius 3 is 3.00 bits per heavy atom. The van der Waals surface area contributed by atoms with E-state index in [9.17, 15) is 0 Å². The Kier molecular flexibility index (Phi) is 3.59. The molecule has 1 aromatic heterocycles. The second-order valence-corrected chi connectivity index (χ2v) is 4.18. The third-order valence-corrected chi connectivity index (χ3v) is 2.74. The van der Waals surface area contributed by atoms with Gasteiger partial charge in [-0.05, 0) is 30.7 Å². The maximum atomic E-state index is 5.94. The van der Waals surface area contributed by atoms with E-state index in [1.807, 2.05) is 24.3 Å². The van der Waals surface area contributed by atoms with Gasteiger partial charge in [-0.15, -0.1) is 0 Å². The van der Waals surface area contributed by atoms with Crippen LogP contribution in [0.4, 0.5) is 0 Å². The number of benzene rings is 1. The molecule has 0 fully saturated rings. The molecule has 2 rings (SSSR count). The molecule has 2 N–H and O–H groups in total. The van der Waals surface area contributed by atoms with Gasteiger partial charge in [0.2, 0.25) is 0 Å². The van der Waals surface area contributed by atoms with Crippen molar-refractivity contribution in [1.82, 2.24) is 15.5 Å². The van der Waals surface area contributed by atoms with E-state index in [0.717, 1.165) is 17.3 Å². The van der Waals surface area contributed by atoms with Crippen LogP contribution in [0.1, 0.15) is 24.2 Å². The molecule has 0 bridgehead atoms. The van der Waals surface area contributed by atoms with Crippen LogP contribution in [0.3, 0.4) is 0 Å². The summed E-state index contributed by atoms with van der Waals surface area (Å²) in [5.41, 5.74) is 2.26. The zero-order valence-corrected chi connectivity index (χ0v) is 9.83. The van der Waals surface area contributed by atoms with E-state index in [2.05, 4.69) is 28.5 Å². The zero-order chi connectivity index (χ0) is 11.4. The summed E-state index contributed by atoms with van der Waals surface area (Å²) >= 11 is 5.94. The van der Waals surface area contributed by atoms with Crippen LogP contribution in [0.25, 0.3) is 0 Å². The van der Waals surface area contributed by atoms with Crippen molar-refractivity contribution < 1.29 is 0 Å². The van der Waals surface area contributed by atoms with Crippen molar-refractivity contribution in [3.05, 3.63) is 52.8 Å². The summed E-state index contributed by atoms with van der Waals surface area (Å²) in [6, 6.07) is 10.1. The Hall–Kier alpha value is -1.32. The van der Waals surface area contributed by atoms with Crippen LogP contribution >= 0.6 is 11.6 Å². The van der Waals surface area contributed by atoms with E-state index in [4.69, 9.17) is 11.6 Å². The van der Waals surface area contributed by atoms with E-state index >= 15 is 0 Å². The molecule has 0 aliphatic rings. The molecule has 1 aromatic carbocycles. The third-order valence-electron chi connectivity index (χ3n) is 2.51. The summed E-state index contributed by atoms with van der Waals surface area (Å²) in [7, 11) is 0. The first-order chi connectivity index (χ1) is 7.75. The highest BCUT2D eigenvalue weighted by Crippen LogP contribution is 2.17. The lowest BCUT2D eigenvalue weighted by molar-refractivity contribution is 0.567. The molecule has 4 heteroatoms. The maximum Gasteiger partial charge on any atom is 0.0490 e. The number of nitrogens with zero attached hydrogens (tertiary/aromatic N) is 1. The molecule has 1 atom stereocenters. The predicted molar refractivity (Wildman–Crippen MR) is 65.3 cm³/mol. The number of rotatable bonds is 4. The van der Waals surface area contributed by atoms with Crippen LogP contribution in [0, 0.1) is 0 Å². The van der Waals surface area contributed by atoms with Crippen LogP contribution in [-0.4, -0.2) is 10.2 Å². The number of hydrogen-bond acceptors (Lipinski definition) is 2. The molecule has 3 nitrogen and oxygen atoms in total. The monoisotopic (exact) mass is 235 g/mol. The van der Waals surface area contributed by atoms with Crippen molar-refractivity contribution in [1.29, 1.82) is 0 Å². The van der Waals surface area contributed by atoms with E-state index in [1.165, 1.54) is 5.56 Å². The van der Waals surface area contributed by atoms with Crippen molar-refractivity contribution in [2.75, 3.05) is 0 Å². The number of aromatic nitrogens is 2. The van der Waals surface area contributed by atoms with E-state index in [-0.39, 0.29) is 6.04 Å². The Bertz CT molecular complexity index is 439. The van der Waals surface area contributed by atoms with Gasteiger partial charge in [0.25, 0.3) is 0 Å². The molecule has 84 valence electrons. The molecule has 0 amide bonds. The normalized spacial score (nSPS) is 12.6. The van der Waals surface area contributed by atoms with Gasteiger partial charge in [0, 0.05) is 29.5 Å². The van der Waals surface area contributed by atoms with Gasteiger partial charge in [0.05, 0.1) is 0 Å². The molecule has 2 aromatic rings. The Balaban J connectivity index is 1.95. The summed E-state index contributed by atoms with van der Waals surface area (Å²) in [5.74, 6) is 0. The van der Waals surface area contributed by atoms with E-state index < -0.39 is 0 Å². The number of aromatic amines is 1. The van der Waals surface area contributed by atoms with E-state index in [0.29, 0.717) is 0 Å². The highest BCUT2D eigenvalue weighted by Gasteiger charge is 2.05. The Morgan fingerprint density at radius 1 is 1.44 bits per heavy atom. The Morgan fingerprint density at radius 2 is 2.31 bits per heavy atom. The minimum absolute atomic E-state index is 0.266. The SMILES string of the molecule is CC(NCc1ccn[nH]1)c1cccc(Cl)c1. The van der Waals surface area contributed by atoms with Crippen LogP contribution < -0.4 is 5.32 Å². The lowest BCUT2D eigenvalue weighted by Gasteiger charge is -2.13. The van der Waals surface area contributed by atoms with Crippen LogP contribution in [-0.2, 0) is 6.54 Å². The molecule has 0 saturated heterocycles. The first-order valence-electron chi connectivity index (χ1n) is 5.23. The number of halogens is 1. The van der Waals surface area contributed by atoms with E-state index in [1.54, 1.807) is 6.20 Å². The van der Waals surface area contributed by atoms with Crippen LogP contribution in [0.2, 0.25) is 5.02 Å². The van der Waals surface area contributed by atoms with Crippen LogP contribution in [0.5, 0.6) is 0 Å². The highest BCUT2D eigenvalue weighted by molar-refractivity contribution is 6.30. The van der Waals surface area contributed by atoms with Gasteiger partial charge < -0.3 is 5.32 Å². The summed E-state index contributed by atoms with van der Waals surface area (Å²) in [6.45, 7) is 2.88. The summed E-state index contributed by atoms with van der Waals surface area (Å²) in [4.78, 5) is 0. The lowest BCUT2D eigenvalue weighted by atomic mass is 10.1. The van der Waals surface area contributed by atoms with Crippen molar-refractivity contribution in [2.24, 2.45) is 0 Å². The molecule has 0 aliphatic carbocycles. The van der Waals surface area contributed by atoms with Gasteiger partial charge in [-0.25, -0.2) is 0 Å². The second kappa shape index (κ2) is 5.14. The standard InChI is InChI=1S/C12H14ClN3/c1-9(10-3-2-4-11(13)7-10)14-8-12-5-6-15-16-12/h2-7,9,14H,8H2,1H3,(H,15,16). The first-order valence-corrected chi connectivity index (χ1v) is 5.60. The van der Waals surface area contributed by atoms with Gasteiger partial charge in [0.15, 0.2) is 0 Å². The molecule has 16 heavy (non-hydrogen) atoms. The molecule has 0 radical (unpaired) electrons. The fourth-order valence-electron chi connectivity index (χ4n) is 1.54. The third kappa shape index (κ3) is 2.84. The largest absolute Gasteiger partial charge is 0.305 e. The average Bonchev–Trinajstić information content (AvgIpc) is 2.78.